The van der Waals surface area contributed by atoms with Crippen LogP contribution < -0.4 is 10.6 Å². The highest BCUT2D eigenvalue weighted by atomic mass is 16.2. The van der Waals surface area contributed by atoms with E-state index in [2.05, 4.69) is 15.6 Å². The van der Waals surface area contributed by atoms with Gasteiger partial charge in [-0.3, -0.25) is 9.59 Å². The van der Waals surface area contributed by atoms with Gasteiger partial charge in [0.05, 0.1) is 0 Å². The molecule has 168 valence electrons. The molecular weight excluding hydrogens is 418 g/mol. The zero-order chi connectivity index (χ0) is 23.5. The molecule has 8 heteroatoms. The van der Waals surface area contributed by atoms with Gasteiger partial charge in [0.2, 0.25) is 5.91 Å². The summed E-state index contributed by atoms with van der Waals surface area (Å²) in [6.45, 7) is 5.49. The van der Waals surface area contributed by atoms with E-state index in [-0.39, 0.29) is 12.2 Å². The fourth-order valence-corrected chi connectivity index (χ4v) is 3.93. The fraction of sp³-hybridized carbons (Fsp3) is 0.200. The summed E-state index contributed by atoms with van der Waals surface area (Å²) in [5.41, 5.74) is 4.39. The number of imide groups is 1. The molecule has 8 nitrogen and oxygen atoms in total. The van der Waals surface area contributed by atoms with Crippen molar-refractivity contribution in [1.82, 2.24) is 19.8 Å². The van der Waals surface area contributed by atoms with Crippen LogP contribution in [0.1, 0.15) is 29.4 Å². The van der Waals surface area contributed by atoms with E-state index >= 15 is 0 Å². The SMILES string of the molecule is CCc1ccccc1NC(=O)CN1C(=O)N/C(=C\c2cc(C)n(-c3ccccn3)c2C)C1=O. The van der Waals surface area contributed by atoms with Crippen LogP contribution >= 0.6 is 0 Å². The summed E-state index contributed by atoms with van der Waals surface area (Å²) < 4.78 is 1.98. The maximum absolute atomic E-state index is 12.9. The Kier molecular flexibility index (Phi) is 6.08. The van der Waals surface area contributed by atoms with Gasteiger partial charge in [0, 0.05) is 23.3 Å². The van der Waals surface area contributed by atoms with E-state index in [4.69, 9.17) is 0 Å². The van der Waals surface area contributed by atoms with Crippen LogP contribution in [0.5, 0.6) is 0 Å². The van der Waals surface area contributed by atoms with Gasteiger partial charge in [-0.2, -0.15) is 0 Å². The van der Waals surface area contributed by atoms with Crippen LogP contribution in [0, 0.1) is 13.8 Å². The second-order valence-electron chi connectivity index (χ2n) is 7.79. The number of pyridine rings is 1. The summed E-state index contributed by atoms with van der Waals surface area (Å²) in [6.07, 6.45) is 4.10. The van der Waals surface area contributed by atoms with E-state index in [1.165, 1.54) is 0 Å². The minimum absolute atomic E-state index is 0.128. The third-order valence-electron chi connectivity index (χ3n) is 5.58. The summed E-state index contributed by atoms with van der Waals surface area (Å²) in [5, 5.41) is 5.37. The molecule has 33 heavy (non-hydrogen) atoms. The van der Waals surface area contributed by atoms with Crippen molar-refractivity contribution in [1.29, 1.82) is 0 Å². The van der Waals surface area contributed by atoms with Crippen molar-refractivity contribution in [3.8, 4) is 5.82 Å². The number of nitrogens with one attached hydrogen (secondary N) is 2. The number of aryl methyl sites for hydroxylation is 2. The maximum atomic E-state index is 12.9. The molecular formula is C25H25N5O3. The number of benzene rings is 1. The lowest BCUT2D eigenvalue weighted by atomic mass is 10.1. The van der Waals surface area contributed by atoms with Crippen LogP contribution in [0.4, 0.5) is 10.5 Å². The van der Waals surface area contributed by atoms with Crippen LogP contribution in [0.2, 0.25) is 0 Å². The summed E-state index contributed by atoms with van der Waals surface area (Å²) in [7, 11) is 0. The molecule has 1 fully saturated rings. The van der Waals surface area contributed by atoms with Gasteiger partial charge >= 0.3 is 6.03 Å². The highest BCUT2D eigenvalue weighted by Crippen LogP contribution is 2.23. The molecule has 4 amide bonds. The Bertz CT molecular complexity index is 1260. The number of carbonyl (C=O) groups excluding carboxylic acids is 3. The lowest BCUT2D eigenvalue weighted by molar-refractivity contribution is -0.127. The monoisotopic (exact) mass is 443 g/mol. The third kappa shape index (κ3) is 4.41. The number of para-hydroxylation sites is 1. The normalized spacial score (nSPS) is 14.6. The van der Waals surface area contributed by atoms with Crippen LogP contribution in [0.15, 0.2) is 60.4 Å². The number of rotatable bonds is 6. The highest BCUT2D eigenvalue weighted by molar-refractivity contribution is 6.16. The topological polar surface area (TPSA) is 96.3 Å². The zero-order valence-electron chi connectivity index (χ0n) is 18.8. The minimum Gasteiger partial charge on any atom is -0.324 e. The van der Waals surface area contributed by atoms with Gasteiger partial charge in [-0.25, -0.2) is 14.7 Å². The van der Waals surface area contributed by atoms with Crippen LogP contribution in [-0.4, -0.2) is 38.8 Å². The Morgan fingerprint density at radius 2 is 1.88 bits per heavy atom. The number of hydrogen-bond donors (Lipinski definition) is 2. The van der Waals surface area contributed by atoms with Gasteiger partial charge < -0.3 is 15.2 Å². The zero-order valence-corrected chi connectivity index (χ0v) is 18.8. The minimum atomic E-state index is -0.622. The number of hydrogen-bond acceptors (Lipinski definition) is 4. The van der Waals surface area contributed by atoms with Gasteiger partial charge in [0.25, 0.3) is 5.91 Å². The molecule has 0 saturated carbocycles. The standard InChI is InChI=1S/C25H25N5O3/c1-4-18-9-5-6-10-20(18)27-23(31)15-29-24(32)21(28-25(29)33)14-19-13-16(2)30(17(19)3)22-11-7-8-12-26-22/h5-14H,4,15H2,1-3H3,(H,27,31)(H,28,33)/b21-14-. The molecule has 2 aromatic heterocycles. The highest BCUT2D eigenvalue weighted by Gasteiger charge is 2.35. The summed E-state index contributed by atoms with van der Waals surface area (Å²) in [6, 6.07) is 14.4. The van der Waals surface area contributed by atoms with E-state index in [1.54, 1.807) is 18.3 Å². The molecule has 3 aromatic rings. The predicted octanol–water partition coefficient (Wildman–Crippen LogP) is 3.58. The van der Waals surface area contributed by atoms with Gasteiger partial charge in [0.1, 0.15) is 18.1 Å². The molecule has 0 radical (unpaired) electrons. The quantitative estimate of drug-likeness (QED) is 0.450. The van der Waals surface area contributed by atoms with Crippen molar-refractivity contribution in [2.75, 3.05) is 11.9 Å². The molecule has 1 aliphatic rings. The Morgan fingerprint density at radius 1 is 1.12 bits per heavy atom. The third-order valence-corrected chi connectivity index (χ3v) is 5.58. The van der Waals surface area contributed by atoms with E-state index < -0.39 is 17.8 Å². The van der Waals surface area contributed by atoms with Crippen LogP contribution in [0.3, 0.4) is 0 Å². The summed E-state index contributed by atoms with van der Waals surface area (Å²) in [4.78, 5) is 43.1. The number of amides is 4. The number of carbonyl (C=O) groups is 3. The Balaban J connectivity index is 1.52. The van der Waals surface area contributed by atoms with Crippen molar-refractivity contribution in [3.05, 3.63) is 82.9 Å². The molecule has 0 aliphatic carbocycles. The Hall–Kier alpha value is -4.20. The summed E-state index contributed by atoms with van der Waals surface area (Å²) >= 11 is 0. The summed E-state index contributed by atoms with van der Waals surface area (Å²) in [5.74, 6) is -0.208. The lowest BCUT2D eigenvalue weighted by Gasteiger charge is -2.13. The molecule has 1 aliphatic heterocycles. The molecule has 0 spiro atoms. The second-order valence-corrected chi connectivity index (χ2v) is 7.79. The van der Waals surface area contributed by atoms with Crippen molar-refractivity contribution in [3.63, 3.8) is 0 Å². The maximum Gasteiger partial charge on any atom is 0.329 e. The first kappa shape index (κ1) is 22.0. The van der Waals surface area contributed by atoms with E-state index in [1.807, 2.05) is 67.8 Å². The number of anilines is 1. The Morgan fingerprint density at radius 3 is 2.61 bits per heavy atom. The van der Waals surface area contributed by atoms with Gasteiger partial charge in [-0.1, -0.05) is 31.2 Å². The first-order valence-corrected chi connectivity index (χ1v) is 10.7. The largest absolute Gasteiger partial charge is 0.329 e. The molecule has 1 aromatic carbocycles. The van der Waals surface area contributed by atoms with E-state index in [0.717, 1.165) is 39.7 Å². The van der Waals surface area contributed by atoms with E-state index in [0.29, 0.717) is 5.69 Å². The van der Waals surface area contributed by atoms with Gasteiger partial charge in [-0.15, -0.1) is 0 Å². The number of urea groups is 1. The van der Waals surface area contributed by atoms with Crippen molar-refractivity contribution in [2.24, 2.45) is 0 Å². The lowest BCUT2D eigenvalue weighted by Crippen LogP contribution is -2.38. The average Bonchev–Trinajstić information content (AvgIpc) is 3.23. The molecule has 1 saturated heterocycles. The molecule has 4 rings (SSSR count). The fourth-order valence-electron chi connectivity index (χ4n) is 3.93. The Labute approximate surface area is 191 Å². The first-order chi connectivity index (χ1) is 15.9. The van der Waals surface area contributed by atoms with Gasteiger partial charge in [0.15, 0.2) is 0 Å². The number of nitrogens with zero attached hydrogens (tertiary/aromatic N) is 3. The molecule has 0 atom stereocenters. The molecule has 3 heterocycles. The van der Waals surface area contributed by atoms with Crippen LogP contribution in [0.25, 0.3) is 11.9 Å². The van der Waals surface area contributed by atoms with Crippen molar-refractivity contribution >= 4 is 29.6 Å². The molecule has 0 unspecified atom stereocenters. The predicted molar refractivity (Wildman–Crippen MR) is 126 cm³/mol. The smallest absolute Gasteiger partial charge is 0.324 e. The van der Waals surface area contributed by atoms with Crippen LogP contribution in [-0.2, 0) is 16.0 Å². The first-order valence-electron chi connectivity index (χ1n) is 10.7. The van der Waals surface area contributed by atoms with E-state index in [9.17, 15) is 14.4 Å². The molecule has 2 N–H and O–H groups in total. The van der Waals surface area contributed by atoms with Gasteiger partial charge in [-0.05, 0) is 61.7 Å². The van der Waals surface area contributed by atoms with Crippen molar-refractivity contribution in [2.45, 2.75) is 27.2 Å². The van der Waals surface area contributed by atoms with Crippen molar-refractivity contribution < 1.29 is 14.4 Å². The second kappa shape index (κ2) is 9.12. The average molecular weight is 444 g/mol. The molecule has 0 bridgehead atoms. The number of aromatic nitrogens is 2.